The lowest BCUT2D eigenvalue weighted by atomic mass is 10.0. The van der Waals surface area contributed by atoms with E-state index in [2.05, 4.69) is 13.8 Å². The standard InChI is InChI=1S/C10H19O2/c1-4-6-9(3)7-8-12-10(11)5-2/h9H,1,4-8H2,2-3H3. The molecule has 0 fully saturated rings. The van der Waals surface area contributed by atoms with Crippen molar-refractivity contribution in [2.24, 2.45) is 5.92 Å². The highest BCUT2D eigenvalue weighted by molar-refractivity contribution is 5.68. The van der Waals surface area contributed by atoms with Crippen LogP contribution < -0.4 is 0 Å². The van der Waals surface area contributed by atoms with E-state index in [0.717, 1.165) is 19.3 Å². The monoisotopic (exact) mass is 171 g/mol. The van der Waals surface area contributed by atoms with E-state index in [-0.39, 0.29) is 5.97 Å². The third-order valence-corrected chi connectivity index (χ3v) is 1.86. The van der Waals surface area contributed by atoms with Crippen LogP contribution in [0.5, 0.6) is 0 Å². The second-order valence-corrected chi connectivity index (χ2v) is 3.11. The predicted molar refractivity (Wildman–Crippen MR) is 49.6 cm³/mol. The molecule has 0 rings (SSSR count). The maximum atomic E-state index is 10.7. The first-order valence-electron chi connectivity index (χ1n) is 4.65. The van der Waals surface area contributed by atoms with Crippen LogP contribution in [0.4, 0.5) is 0 Å². The number of hydrogen-bond acceptors (Lipinski definition) is 2. The predicted octanol–water partition coefficient (Wildman–Crippen LogP) is 2.58. The minimum absolute atomic E-state index is 0.100. The van der Waals surface area contributed by atoms with Crippen LogP contribution in [0.2, 0.25) is 0 Å². The summed E-state index contributed by atoms with van der Waals surface area (Å²) in [5.74, 6) is 0.518. The molecule has 0 N–H and O–H groups in total. The maximum Gasteiger partial charge on any atom is 0.305 e. The fourth-order valence-electron chi connectivity index (χ4n) is 0.969. The Kier molecular flexibility index (Phi) is 6.82. The molecule has 71 valence electrons. The van der Waals surface area contributed by atoms with Gasteiger partial charge in [0.05, 0.1) is 6.61 Å². The SMILES string of the molecule is [CH2]CCC(C)CCOC(=O)CC. The Hall–Kier alpha value is -0.530. The summed E-state index contributed by atoms with van der Waals surface area (Å²) in [7, 11) is 0. The molecule has 1 atom stereocenters. The zero-order chi connectivity index (χ0) is 9.40. The molecule has 12 heavy (non-hydrogen) atoms. The number of rotatable bonds is 6. The van der Waals surface area contributed by atoms with Crippen LogP contribution in [0.25, 0.3) is 0 Å². The molecule has 1 unspecified atom stereocenters. The fourth-order valence-corrected chi connectivity index (χ4v) is 0.969. The van der Waals surface area contributed by atoms with E-state index in [1.165, 1.54) is 0 Å². The summed E-state index contributed by atoms with van der Waals surface area (Å²) in [5, 5.41) is 0. The molecule has 0 heterocycles. The minimum Gasteiger partial charge on any atom is -0.466 e. The molecule has 0 aliphatic rings. The zero-order valence-corrected chi connectivity index (χ0v) is 8.14. The summed E-state index contributed by atoms with van der Waals surface area (Å²) in [4.78, 5) is 10.7. The second kappa shape index (κ2) is 7.14. The number of carbonyl (C=O) groups excluding carboxylic acids is 1. The van der Waals surface area contributed by atoms with E-state index in [4.69, 9.17) is 4.74 Å². The van der Waals surface area contributed by atoms with Gasteiger partial charge in [-0.15, -0.1) is 0 Å². The van der Waals surface area contributed by atoms with Crippen LogP contribution in [-0.2, 0) is 9.53 Å². The van der Waals surface area contributed by atoms with E-state index >= 15 is 0 Å². The molecule has 0 amide bonds. The molecule has 0 aromatic carbocycles. The molecule has 0 bridgehead atoms. The molecule has 0 spiro atoms. The largest absolute Gasteiger partial charge is 0.466 e. The molecule has 2 nitrogen and oxygen atoms in total. The van der Waals surface area contributed by atoms with Gasteiger partial charge in [-0.1, -0.05) is 33.6 Å². The van der Waals surface area contributed by atoms with Gasteiger partial charge in [-0.25, -0.2) is 0 Å². The molecular weight excluding hydrogens is 152 g/mol. The van der Waals surface area contributed by atoms with Gasteiger partial charge in [0.1, 0.15) is 0 Å². The highest BCUT2D eigenvalue weighted by Crippen LogP contribution is 2.09. The first-order chi connectivity index (χ1) is 5.70. The van der Waals surface area contributed by atoms with Gasteiger partial charge < -0.3 is 4.74 Å². The zero-order valence-electron chi connectivity index (χ0n) is 8.14. The Balaban J connectivity index is 3.24. The lowest BCUT2D eigenvalue weighted by Gasteiger charge is -2.09. The lowest BCUT2D eigenvalue weighted by Crippen LogP contribution is -2.07. The molecule has 0 aromatic rings. The van der Waals surface area contributed by atoms with Gasteiger partial charge in [0, 0.05) is 6.42 Å². The molecule has 0 saturated carbocycles. The van der Waals surface area contributed by atoms with E-state index in [9.17, 15) is 4.79 Å². The summed E-state index contributed by atoms with van der Waals surface area (Å²) in [6.07, 6.45) is 3.51. The smallest absolute Gasteiger partial charge is 0.305 e. The first kappa shape index (κ1) is 11.5. The summed E-state index contributed by atoms with van der Waals surface area (Å²) in [6, 6.07) is 0. The van der Waals surface area contributed by atoms with Gasteiger partial charge in [-0.2, -0.15) is 0 Å². The minimum atomic E-state index is -0.100. The van der Waals surface area contributed by atoms with Crippen LogP contribution >= 0.6 is 0 Å². The van der Waals surface area contributed by atoms with Crippen molar-refractivity contribution < 1.29 is 9.53 Å². The van der Waals surface area contributed by atoms with Crippen LogP contribution in [0.3, 0.4) is 0 Å². The molecule has 0 saturated heterocycles. The third-order valence-electron chi connectivity index (χ3n) is 1.86. The Morgan fingerprint density at radius 2 is 2.17 bits per heavy atom. The lowest BCUT2D eigenvalue weighted by molar-refractivity contribution is -0.143. The maximum absolute atomic E-state index is 10.7. The molecular formula is C10H19O2. The van der Waals surface area contributed by atoms with Crippen LogP contribution in [-0.4, -0.2) is 12.6 Å². The Morgan fingerprint density at radius 1 is 1.50 bits per heavy atom. The second-order valence-electron chi connectivity index (χ2n) is 3.11. The first-order valence-corrected chi connectivity index (χ1v) is 4.65. The molecule has 0 aliphatic carbocycles. The summed E-state index contributed by atoms with van der Waals surface area (Å²) in [6.45, 7) is 8.31. The van der Waals surface area contributed by atoms with Crippen molar-refractivity contribution in [1.29, 1.82) is 0 Å². The van der Waals surface area contributed by atoms with Crippen molar-refractivity contribution in [3.05, 3.63) is 6.92 Å². The topological polar surface area (TPSA) is 26.3 Å². The fraction of sp³-hybridized carbons (Fsp3) is 0.800. The Labute approximate surface area is 75.3 Å². The highest BCUT2D eigenvalue weighted by atomic mass is 16.5. The molecule has 0 aliphatic heterocycles. The number of hydrogen-bond donors (Lipinski definition) is 0. The molecule has 1 radical (unpaired) electrons. The number of ether oxygens (including phenoxy) is 1. The average Bonchev–Trinajstić information content (AvgIpc) is 2.04. The Bertz CT molecular complexity index is 121. The number of esters is 1. The van der Waals surface area contributed by atoms with Gasteiger partial charge >= 0.3 is 5.97 Å². The van der Waals surface area contributed by atoms with E-state index < -0.39 is 0 Å². The van der Waals surface area contributed by atoms with Crippen molar-refractivity contribution in [3.8, 4) is 0 Å². The highest BCUT2D eigenvalue weighted by Gasteiger charge is 2.02. The molecule has 2 heteroatoms. The van der Waals surface area contributed by atoms with Crippen LogP contribution in [0.15, 0.2) is 0 Å². The Morgan fingerprint density at radius 3 is 2.67 bits per heavy atom. The average molecular weight is 171 g/mol. The summed E-state index contributed by atoms with van der Waals surface area (Å²) < 4.78 is 4.95. The quantitative estimate of drug-likeness (QED) is 0.574. The third kappa shape index (κ3) is 6.20. The normalized spacial score (nSPS) is 12.6. The van der Waals surface area contributed by atoms with Gasteiger partial charge in [0.2, 0.25) is 0 Å². The van der Waals surface area contributed by atoms with Gasteiger partial charge in [0.15, 0.2) is 0 Å². The van der Waals surface area contributed by atoms with Crippen molar-refractivity contribution in [2.75, 3.05) is 6.61 Å². The van der Waals surface area contributed by atoms with Crippen molar-refractivity contribution in [2.45, 2.75) is 39.5 Å². The van der Waals surface area contributed by atoms with Gasteiger partial charge in [-0.05, 0) is 12.3 Å². The van der Waals surface area contributed by atoms with Crippen LogP contribution in [0, 0.1) is 12.8 Å². The number of carbonyl (C=O) groups is 1. The summed E-state index contributed by atoms with van der Waals surface area (Å²) >= 11 is 0. The van der Waals surface area contributed by atoms with Crippen molar-refractivity contribution >= 4 is 5.97 Å². The van der Waals surface area contributed by atoms with Gasteiger partial charge in [0.25, 0.3) is 0 Å². The summed E-state index contributed by atoms with van der Waals surface area (Å²) in [5.41, 5.74) is 0. The van der Waals surface area contributed by atoms with E-state index in [1.54, 1.807) is 0 Å². The van der Waals surface area contributed by atoms with Crippen molar-refractivity contribution in [1.82, 2.24) is 0 Å². The van der Waals surface area contributed by atoms with E-state index in [1.807, 2.05) is 6.92 Å². The van der Waals surface area contributed by atoms with Crippen LogP contribution in [0.1, 0.15) is 39.5 Å². The molecule has 0 aromatic heterocycles. The van der Waals surface area contributed by atoms with E-state index in [0.29, 0.717) is 18.9 Å². The van der Waals surface area contributed by atoms with Crippen molar-refractivity contribution in [3.63, 3.8) is 0 Å². The van der Waals surface area contributed by atoms with Gasteiger partial charge in [-0.3, -0.25) is 4.79 Å².